The summed E-state index contributed by atoms with van der Waals surface area (Å²) in [7, 11) is 0. The molecule has 0 saturated heterocycles. The lowest BCUT2D eigenvalue weighted by atomic mass is 10.0. The molecule has 3 aromatic carbocycles. The number of thioether (sulfide) groups is 1. The van der Waals surface area contributed by atoms with Crippen LogP contribution in [0.25, 0.3) is 0 Å². The third kappa shape index (κ3) is 7.73. The van der Waals surface area contributed by atoms with Crippen LogP contribution in [-0.2, 0) is 22.6 Å². The molecule has 0 radical (unpaired) electrons. The number of rotatable bonds is 11. The van der Waals surface area contributed by atoms with E-state index in [4.69, 9.17) is 0 Å². The molecule has 6 heteroatoms. The second-order valence-electron chi connectivity index (χ2n) is 8.27. The van der Waals surface area contributed by atoms with Crippen LogP contribution in [0.1, 0.15) is 31.4 Å². The molecule has 34 heavy (non-hydrogen) atoms. The van der Waals surface area contributed by atoms with Gasteiger partial charge in [0.05, 0.1) is 5.75 Å². The van der Waals surface area contributed by atoms with Gasteiger partial charge in [-0.2, -0.15) is 0 Å². The van der Waals surface area contributed by atoms with Crippen LogP contribution in [0.15, 0.2) is 89.8 Å². The fourth-order valence-corrected chi connectivity index (χ4v) is 4.33. The maximum absolute atomic E-state index is 13.5. The number of carbonyl (C=O) groups is 2. The first-order valence-electron chi connectivity index (χ1n) is 11.5. The largest absolute Gasteiger partial charge is 0.352 e. The summed E-state index contributed by atoms with van der Waals surface area (Å²) in [5.74, 6) is -0.457. The Kier molecular flexibility index (Phi) is 9.71. The molecule has 0 aliphatic rings. The van der Waals surface area contributed by atoms with Crippen molar-refractivity contribution in [3.05, 3.63) is 102 Å². The molecule has 4 nitrogen and oxygen atoms in total. The number of nitrogens with zero attached hydrogens (tertiary/aromatic N) is 1. The van der Waals surface area contributed by atoms with Gasteiger partial charge in [-0.05, 0) is 48.7 Å². The highest BCUT2D eigenvalue weighted by molar-refractivity contribution is 8.00. The summed E-state index contributed by atoms with van der Waals surface area (Å²) in [6.07, 6.45) is 1.19. The topological polar surface area (TPSA) is 49.4 Å². The number of hydrogen-bond acceptors (Lipinski definition) is 3. The van der Waals surface area contributed by atoms with Gasteiger partial charge in [-0.15, -0.1) is 11.8 Å². The van der Waals surface area contributed by atoms with Gasteiger partial charge in [0.15, 0.2) is 0 Å². The second-order valence-corrected chi connectivity index (χ2v) is 9.32. The molecule has 178 valence electrons. The molecule has 3 aromatic rings. The van der Waals surface area contributed by atoms with Gasteiger partial charge in [0.1, 0.15) is 11.9 Å². The summed E-state index contributed by atoms with van der Waals surface area (Å²) in [6, 6.07) is 24.8. The van der Waals surface area contributed by atoms with Gasteiger partial charge < -0.3 is 10.2 Å². The van der Waals surface area contributed by atoms with Gasteiger partial charge in [-0.1, -0.05) is 67.6 Å². The van der Waals surface area contributed by atoms with Gasteiger partial charge in [0, 0.05) is 23.9 Å². The van der Waals surface area contributed by atoms with Crippen molar-refractivity contribution in [1.82, 2.24) is 10.2 Å². The van der Waals surface area contributed by atoms with Crippen molar-refractivity contribution in [2.75, 3.05) is 5.75 Å². The number of halogens is 1. The molecule has 0 aromatic heterocycles. The molecule has 3 rings (SSSR count). The zero-order chi connectivity index (χ0) is 24.3. The number of benzene rings is 3. The van der Waals surface area contributed by atoms with Crippen molar-refractivity contribution in [1.29, 1.82) is 0 Å². The quantitative estimate of drug-likeness (QED) is 0.372. The average molecular weight is 479 g/mol. The molecule has 0 bridgehead atoms. The molecule has 0 aliphatic heterocycles. The highest BCUT2D eigenvalue weighted by Gasteiger charge is 2.31. The Bertz CT molecular complexity index is 1050. The van der Waals surface area contributed by atoms with Crippen molar-refractivity contribution in [3.8, 4) is 0 Å². The Hall–Kier alpha value is -3.12. The fraction of sp³-hybridized carbons (Fsp3) is 0.286. The zero-order valence-electron chi connectivity index (χ0n) is 19.6. The molecule has 0 aliphatic carbocycles. The van der Waals surface area contributed by atoms with Gasteiger partial charge in [0.2, 0.25) is 11.8 Å². The monoisotopic (exact) mass is 478 g/mol. The first-order chi connectivity index (χ1) is 16.5. The molecule has 0 fully saturated rings. The standard InChI is InChI=1S/C28H31FN2O2S/c1-3-21(2)30-28(33)26(18-22-10-6-4-7-11-22)31(19-23-14-16-24(29)17-15-23)27(32)20-34-25-12-8-5-9-13-25/h4-17,21,26H,3,18-20H2,1-2H3,(H,30,33)/t21-,26-/m0/s1. The minimum absolute atomic E-state index is 0.00718. The molecule has 0 heterocycles. The van der Waals surface area contributed by atoms with Crippen molar-refractivity contribution in [2.45, 2.75) is 50.2 Å². The van der Waals surface area contributed by atoms with E-state index in [9.17, 15) is 14.0 Å². The number of carbonyl (C=O) groups excluding carboxylic acids is 2. The molecular weight excluding hydrogens is 447 g/mol. The summed E-state index contributed by atoms with van der Waals surface area (Å²) in [5.41, 5.74) is 1.74. The minimum atomic E-state index is -0.690. The number of amides is 2. The van der Waals surface area contributed by atoms with Crippen molar-refractivity contribution < 1.29 is 14.0 Å². The van der Waals surface area contributed by atoms with Gasteiger partial charge >= 0.3 is 0 Å². The highest BCUT2D eigenvalue weighted by Crippen LogP contribution is 2.21. The number of hydrogen-bond donors (Lipinski definition) is 1. The summed E-state index contributed by atoms with van der Waals surface area (Å²) < 4.78 is 13.5. The predicted molar refractivity (Wildman–Crippen MR) is 136 cm³/mol. The summed E-state index contributed by atoms with van der Waals surface area (Å²) in [5, 5.41) is 3.05. The predicted octanol–water partition coefficient (Wildman–Crippen LogP) is 5.47. The lowest BCUT2D eigenvalue weighted by molar-refractivity contribution is -0.139. The van der Waals surface area contributed by atoms with E-state index in [2.05, 4.69) is 5.32 Å². The van der Waals surface area contributed by atoms with Crippen molar-refractivity contribution in [2.24, 2.45) is 0 Å². The smallest absolute Gasteiger partial charge is 0.243 e. The zero-order valence-corrected chi connectivity index (χ0v) is 20.4. The summed E-state index contributed by atoms with van der Waals surface area (Å²) in [4.78, 5) is 29.6. The Morgan fingerprint density at radius 2 is 1.53 bits per heavy atom. The third-order valence-corrected chi connectivity index (χ3v) is 6.64. The van der Waals surface area contributed by atoms with Gasteiger partial charge in [-0.3, -0.25) is 9.59 Å². The van der Waals surface area contributed by atoms with Crippen LogP contribution in [0.4, 0.5) is 4.39 Å². The van der Waals surface area contributed by atoms with E-state index in [-0.39, 0.29) is 36.0 Å². The van der Waals surface area contributed by atoms with E-state index >= 15 is 0 Å². The highest BCUT2D eigenvalue weighted by atomic mass is 32.2. The van der Waals surface area contributed by atoms with Gasteiger partial charge in [0.25, 0.3) is 0 Å². The summed E-state index contributed by atoms with van der Waals surface area (Å²) >= 11 is 1.44. The van der Waals surface area contributed by atoms with E-state index in [1.165, 1.54) is 23.9 Å². The van der Waals surface area contributed by atoms with Crippen LogP contribution >= 0.6 is 11.8 Å². The molecule has 0 unspecified atom stereocenters. The van der Waals surface area contributed by atoms with E-state index in [1.54, 1.807) is 17.0 Å². The van der Waals surface area contributed by atoms with Crippen LogP contribution in [0, 0.1) is 5.82 Å². The molecular formula is C28H31FN2O2S. The normalized spacial score (nSPS) is 12.6. The summed E-state index contributed by atoms with van der Waals surface area (Å²) in [6.45, 7) is 4.18. The first-order valence-corrected chi connectivity index (χ1v) is 12.5. The van der Waals surface area contributed by atoms with Crippen molar-refractivity contribution in [3.63, 3.8) is 0 Å². The molecule has 2 atom stereocenters. The molecule has 0 spiro atoms. The van der Waals surface area contributed by atoms with E-state index in [0.29, 0.717) is 6.42 Å². The molecule has 0 saturated carbocycles. The molecule has 2 amide bonds. The second kappa shape index (κ2) is 12.9. The third-order valence-electron chi connectivity index (χ3n) is 5.64. The fourth-order valence-electron chi connectivity index (χ4n) is 3.53. The van der Waals surface area contributed by atoms with E-state index in [0.717, 1.165) is 22.4 Å². The number of nitrogens with one attached hydrogen (secondary N) is 1. The Morgan fingerprint density at radius 3 is 2.15 bits per heavy atom. The minimum Gasteiger partial charge on any atom is -0.352 e. The lowest BCUT2D eigenvalue weighted by Gasteiger charge is -2.32. The van der Waals surface area contributed by atoms with E-state index in [1.807, 2.05) is 74.5 Å². The van der Waals surface area contributed by atoms with Gasteiger partial charge in [-0.25, -0.2) is 4.39 Å². The van der Waals surface area contributed by atoms with Crippen molar-refractivity contribution >= 4 is 23.6 Å². The Balaban J connectivity index is 1.90. The average Bonchev–Trinajstić information content (AvgIpc) is 2.87. The maximum Gasteiger partial charge on any atom is 0.243 e. The SMILES string of the molecule is CC[C@H](C)NC(=O)[C@H](Cc1ccccc1)N(Cc1ccc(F)cc1)C(=O)CSc1ccccc1. The van der Waals surface area contributed by atoms with Crippen LogP contribution in [0.5, 0.6) is 0 Å². The Labute approximate surface area is 205 Å². The Morgan fingerprint density at radius 1 is 0.912 bits per heavy atom. The van der Waals surface area contributed by atoms with Crippen LogP contribution in [0.3, 0.4) is 0 Å². The van der Waals surface area contributed by atoms with Crippen LogP contribution in [-0.4, -0.2) is 34.6 Å². The first kappa shape index (κ1) is 25.5. The van der Waals surface area contributed by atoms with Crippen LogP contribution < -0.4 is 5.32 Å². The maximum atomic E-state index is 13.5. The van der Waals surface area contributed by atoms with E-state index < -0.39 is 6.04 Å². The molecule has 1 N–H and O–H groups in total. The lowest BCUT2D eigenvalue weighted by Crippen LogP contribution is -2.52. The van der Waals surface area contributed by atoms with Crippen LogP contribution in [0.2, 0.25) is 0 Å².